The van der Waals surface area contributed by atoms with Gasteiger partial charge >= 0.3 is 5.97 Å². The molecule has 1 atom stereocenters. The molecule has 28 heavy (non-hydrogen) atoms. The van der Waals surface area contributed by atoms with Gasteiger partial charge in [0.15, 0.2) is 0 Å². The van der Waals surface area contributed by atoms with Crippen molar-refractivity contribution in [3.8, 4) is 0 Å². The first-order valence-electron chi connectivity index (χ1n) is 8.34. The highest BCUT2D eigenvalue weighted by molar-refractivity contribution is 5.97. The van der Waals surface area contributed by atoms with Crippen molar-refractivity contribution in [2.24, 2.45) is 0 Å². The van der Waals surface area contributed by atoms with Crippen molar-refractivity contribution in [2.75, 3.05) is 13.7 Å². The zero-order valence-corrected chi connectivity index (χ0v) is 15.1. The SMILES string of the molecule is COC(=O)CC(NC(=O)CNC(=O)c1cccc([N+](=O)[O-])c1)c1ccccc1. The van der Waals surface area contributed by atoms with Crippen LogP contribution in [-0.4, -0.2) is 36.4 Å². The average molecular weight is 385 g/mol. The van der Waals surface area contributed by atoms with Gasteiger partial charge in [0, 0.05) is 17.7 Å². The van der Waals surface area contributed by atoms with Crippen molar-refractivity contribution in [1.82, 2.24) is 10.6 Å². The summed E-state index contributed by atoms with van der Waals surface area (Å²) >= 11 is 0. The number of nitrogens with one attached hydrogen (secondary N) is 2. The zero-order valence-electron chi connectivity index (χ0n) is 15.1. The third-order valence-electron chi connectivity index (χ3n) is 3.86. The average Bonchev–Trinajstić information content (AvgIpc) is 2.72. The summed E-state index contributed by atoms with van der Waals surface area (Å²) in [5.41, 5.74) is 0.557. The number of nitro benzene ring substituents is 1. The summed E-state index contributed by atoms with van der Waals surface area (Å²) in [5.74, 6) is -1.63. The predicted octanol–water partition coefficient (Wildman–Crippen LogP) is 1.75. The summed E-state index contributed by atoms with van der Waals surface area (Å²) in [7, 11) is 1.26. The predicted molar refractivity (Wildman–Crippen MR) is 99.4 cm³/mol. The molecule has 0 saturated carbocycles. The second kappa shape index (κ2) is 9.81. The lowest BCUT2D eigenvalue weighted by Gasteiger charge is -2.18. The Morgan fingerprint density at radius 2 is 1.82 bits per heavy atom. The fourth-order valence-corrected chi connectivity index (χ4v) is 2.46. The topological polar surface area (TPSA) is 128 Å². The molecule has 0 radical (unpaired) electrons. The van der Waals surface area contributed by atoms with E-state index in [1.165, 1.54) is 25.3 Å². The van der Waals surface area contributed by atoms with Gasteiger partial charge in [-0.2, -0.15) is 0 Å². The van der Waals surface area contributed by atoms with Gasteiger partial charge in [0.2, 0.25) is 5.91 Å². The van der Waals surface area contributed by atoms with E-state index in [2.05, 4.69) is 15.4 Å². The minimum Gasteiger partial charge on any atom is -0.469 e. The van der Waals surface area contributed by atoms with Crippen LogP contribution in [0, 0.1) is 10.1 Å². The maximum atomic E-state index is 12.2. The van der Waals surface area contributed by atoms with Crippen molar-refractivity contribution >= 4 is 23.5 Å². The molecule has 9 heteroatoms. The number of rotatable bonds is 8. The van der Waals surface area contributed by atoms with Crippen molar-refractivity contribution < 1.29 is 24.0 Å². The number of carbonyl (C=O) groups is 3. The standard InChI is InChI=1S/C19H19N3O6/c1-28-18(24)11-16(13-6-3-2-4-7-13)21-17(23)12-20-19(25)14-8-5-9-15(10-14)22(26)27/h2-10,16H,11-12H2,1H3,(H,20,25)(H,21,23). The molecule has 0 aliphatic rings. The molecule has 0 bridgehead atoms. The lowest BCUT2D eigenvalue weighted by molar-refractivity contribution is -0.384. The molecule has 0 heterocycles. The molecule has 0 aliphatic heterocycles. The molecule has 0 aromatic heterocycles. The maximum Gasteiger partial charge on any atom is 0.307 e. The lowest BCUT2D eigenvalue weighted by Crippen LogP contribution is -2.39. The van der Waals surface area contributed by atoms with Gasteiger partial charge in [-0.05, 0) is 11.6 Å². The maximum absolute atomic E-state index is 12.2. The first kappa shape index (κ1) is 20.6. The summed E-state index contributed by atoms with van der Waals surface area (Å²) in [6.07, 6.45) is -0.0644. The molecule has 1 unspecified atom stereocenters. The van der Waals surface area contributed by atoms with Crippen LogP contribution in [-0.2, 0) is 14.3 Å². The fraction of sp³-hybridized carbons (Fsp3) is 0.211. The van der Waals surface area contributed by atoms with Crippen LogP contribution in [0.15, 0.2) is 54.6 Å². The molecular weight excluding hydrogens is 366 g/mol. The number of esters is 1. The Bertz CT molecular complexity index is 869. The minimum absolute atomic E-state index is 0.0644. The van der Waals surface area contributed by atoms with Crippen LogP contribution in [0.25, 0.3) is 0 Å². The molecular formula is C19H19N3O6. The van der Waals surface area contributed by atoms with Gasteiger partial charge in [-0.25, -0.2) is 0 Å². The van der Waals surface area contributed by atoms with E-state index in [4.69, 9.17) is 0 Å². The van der Waals surface area contributed by atoms with Gasteiger partial charge < -0.3 is 15.4 Å². The Hall–Kier alpha value is -3.75. The van der Waals surface area contributed by atoms with E-state index in [1.54, 1.807) is 30.3 Å². The van der Waals surface area contributed by atoms with E-state index in [0.717, 1.165) is 6.07 Å². The van der Waals surface area contributed by atoms with Gasteiger partial charge in [-0.15, -0.1) is 0 Å². The Labute approximate surface area is 160 Å². The second-order valence-corrected chi connectivity index (χ2v) is 5.80. The Balaban J connectivity index is 1.98. The first-order valence-corrected chi connectivity index (χ1v) is 8.34. The van der Waals surface area contributed by atoms with Gasteiger partial charge in [0.25, 0.3) is 11.6 Å². The Morgan fingerprint density at radius 3 is 2.46 bits per heavy atom. The normalized spacial score (nSPS) is 11.2. The Morgan fingerprint density at radius 1 is 1.11 bits per heavy atom. The number of methoxy groups -OCH3 is 1. The summed E-state index contributed by atoms with van der Waals surface area (Å²) in [4.78, 5) is 46.1. The highest BCUT2D eigenvalue weighted by Crippen LogP contribution is 2.17. The van der Waals surface area contributed by atoms with Crippen LogP contribution < -0.4 is 10.6 Å². The number of amides is 2. The molecule has 2 amide bonds. The summed E-state index contributed by atoms with van der Waals surface area (Å²) in [6, 6.07) is 13.4. The smallest absolute Gasteiger partial charge is 0.307 e. The number of carbonyl (C=O) groups excluding carboxylic acids is 3. The number of nitrogens with zero attached hydrogens (tertiary/aromatic N) is 1. The van der Waals surface area contributed by atoms with Crippen molar-refractivity contribution in [3.05, 3.63) is 75.8 Å². The number of hydrogen-bond donors (Lipinski definition) is 2. The molecule has 0 fully saturated rings. The minimum atomic E-state index is -0.622. The van der Waals surface area contributed by atoms with Crippen molar-refractivity contribution in [2.45, 2.75) is 12.5 Å². The molecule has 0 spiro atoms. The van der Waals surface area contributed by atoms with E-state index in [1.807, 2.05) is 0 Å². The van der Waals surface area contributed by atoms with Crippen LogP contribution in [0.5, 0.6) is 0 Å². The van der Waals surface area contributed by atoms with E-state index in [-0.39, 0.29) is 24.2 Å². The quantitative estimate of drug-likeness (QED) is 0.405. The van der Waals surface area contributed by atoms with E-state index >= 15 is 0 Å². The van der Waals surface area contributed by atoms with E-state index < -0.39 is 28.7 Å². The van der Waals surface area contributed by atoms with E-state index in [0.29, 0.717) is 5.56 Å². The molecule has 2 aromatic rings. The molecule has 0 saturated heterocycles. The highest BCUT2D eigenvalue weighted by Gasteiger charge is 2.19. The number of nitro groups is 1. The second-order valence-electron chi connectivity index (χ2n) is 5.80. The van der Waals surface area contributed by atoms with Crippen LogP contribution in [0.1, 0.15) is 28.4 Å². The van der Waals surface area contributed by atoms with Gasteiger partial charge in [0.05, 0.1) is 31.0 Å². The van der Waals surface area contributed by atoms with Gasteiger partial charge in [-0.1, -0.05) is 36.4 Å². The molecule has 2 N–H and O–H groups in total. The number of non-ortho nitro benzene ring substituents is 1. The molecule has 146 valence electrons. The van der Waals surface area contributed by atoms with Crippen molar-refractivity contribution in [1.29, 1.82) is 0 Å². The van der Waals surface area contributed by atoms with Crippen LogP contribution in [0.3, 0.4) is 0 Å². The summed E-state index contributed by atoms with van der Waals surface area (Å²) in [6.45, 7) is -0.355. The zero-order chi connectivity index (χ0) is 20.5. The molecule has 2 rings (SSSR count). The largest absolute Gasteiger partial charge is 0.469 e. The molecule has 9 nitrogen and oxygen atoms in total. The number of hydrogen-bond acceptors (Lipinski definition) is 6. The van der Waals surface area contributed by atoms with Gasteiger partial charge in [0.1, 0.15) is 0 Å². The van der Waals surface area contributed by atoms with Crippen molar-refractivity contribution in [3.63, 3.8) is 0 Å². The van der Waals surface area contributed by atoms with Gasteiger partial charge in [-0.3, -0.25) is 24.5 Å². The molecule has 0 aliphatic carbocycles. The number of benzene rings is 2. The third-order valence-corrected chi connectivity index (χ3v) is 3.86. The first-order chi connectivity index (χ1) is 13.4. The van der Waals surface area contributed by atoms with Crippen LogP contribution >= 0.6 is 0 Å². The van der Waals surface area contributed by atoms with Crippen LogP contribution in [0.4, 0.5) is 5.69 Å². The monoisotopic (exact) mass is 385 g/mol. The number of ether oxygens (including phenoxy) is 1. The van der Waals surface area contributed by atoms with Crippen LogP contribution in [0.2, 0.25) is 0 Å². The molecule has 2 aromatic carbocycles. The fourth-order valence-electron chi connectivity index (χ4n) is 2.46. The Kier molecular flexibility index (Phi) is 7.21. The lowest BCUT2D eigenvalue weighted by atomic mass is 10.0. The van der Waals surface area contributed by atoms with E-state index in [9.17, 15) is 24.5 Å². The summed E-state index contributed by atoms with van der Waals surface area (Å²) in [5, 5.41) is 15.9. The summed E-state index contributed by atoms with van der Waals surface area (Å²) < 4.78 is 4.66. The third kappa shape index (κ3) is 5.90. The highest BCUT2D eigenvalue weighted by atomic mass is 16.6.